The number of piperidine rings is 1. The number of amides is 1. The van der Waals surface area contributed by atoms with Crippen LogP contribution in [0, 0.1) is 5.82 Å². The molecule has 0 spiro atoms. The van der Waals surface area contributed by atoms with E-state index in [-0.39, 0.29) is 29.8 Å². The summed E-state index contributed by atoms with van der Waals surface area (Å²) in [5.74, 6) is 0.426. The van der Waals surface area contributed by atoms with E-state index in [9.17, 15) is 9.18 Å². The maximum absolute atomic E-state index is 13.3. The molecule has 5 nitrogen and oxygen atoms in total. The number of para-hydroxylation sites is 1. The Balaban J connectivity index is 1.29. The second kappa shape index (κ2) is 7.25. The van der Waals surface area contributed by atoms with Gasteiger partial charge in [0.2, 0.25) is 5.91 Å². The lowest BCUT2D eigenvalue weighted by Crippen LogP contribution is -2.46. The molecule has 0 N–H and O–H groups in total. The molecule has 0 saturated carbocycles. The molecule has 5 rings (SSSR count). The summed E-state index contributed by atoms with van der Waals surface area (Å²) >= 11 is 0. The van der Waals surface area contributed by atoms with Crippen LogP contribution in [0.5, 0.6) is 0 Å². The van der Waals surface area contributed by atoms with Crippen LogP contribution in [0.15, 0.2) is 48.5 Å². The number of aromatic nitrogens is 3. The topological polar surface area (TPSA) is 51.0 Å². The molecule has 2 saturated heterocycles. The summed E-state index contributed by atoms with van der Waals surface area (Å²) in [5.41, 5.74) is 3.01. The van der Waals surface area contributed by atoms with Crippen molar-refractivity contribution in [2.75, 3.05) is 0 Å². The molecule has 150 valence electrons. The van der Waals surface area contributed by atoms with Crippen molar-refractivity contribution in [1.29, 1.82) is 0 Å². The Hall–Kier alpha value is -2.76. The monoisotopic (exact) mass is 392 g/mol. The van der Waals surface area contributed by atoms with Crippen LogP contribution in [-0.4, -0.2) is 37.9 Å². The van der Waals surface area contributed by atoms with Gasteiger partial charge in [-0.05, 0) is 68.4 Å². The van der Waals surface area contributed by atoms with Gasteiger partial charge in [0.15, 0.2) is 0 Å². The fourth-order valence-electron chi connectivity index (χ4n) is 5.25. The third-order valence-electron chi connectivity index (χ3n) is 6.63. The van der Waals surface area contributed by atoms with E-state index < -0.39 is 0 Å². The number of rotatable bonds is 4. The van der Waals surface area contributed by atoms with Gasteiger partial charge in [-0.3, -0.25) is 4.79 Å². The fourth-order valence-corrected chi connectivity index (χ4v) is 5.25. The normalized spacial score (nSPS) is 24.8. The first-order valence-corrected chi connectivity index (χ1v) is 10.5. The molecule has 2 fully saturated rings. The van der Waals surface area contributed by atoms with E-state index >= 15 is 0 Å². The first-order valence-electron chi connectivity index (χ1n) is 10.5. The second-order valence-electron chi connectivity index (χ2n) is 8.48. The van der Waals surface area contributed by atoms with Crippen molar-refractivity contribution >= 4 is 16.9 Å². The van der Waals surface area contributed by atoms with Crippen LogP contribution in [0.1, 0.15) is 56.6 Å². The van der Waals surface area contributed by atoms with Crippen molar-refractivity contribution in [3.63, 3.8) is 0 Å². The standard InChI is InChI=1S/C23H25FN4O/c1-15(28-22-5-3-2-4-21(22)25-26-28)12-23(29)27-19-10-11-20(27)14-17(13-19)16-6-8-18(24)9-7-16/h2-9,15,17,19-20H,10-14H2,1H3/t15-,17?,19-,20+/m1/s1. The van der Waals surface area contributed by atoms with Crippen molar-refractivity contribution in [2.45, 2.75) is 63.1 Å². The number of halogens is 1. The van der Waals surface area contributed by atoms with E-state index in [0.29, 0.717) is 12.3 Å². The van der Waals surface area contributed by atoms with E-state index in [0.717, 1.165) is 36.7 Å². The van der Waals surface area contributed by atoms with Gasteiger partial charge in [0, 0.05) is 18.5 Å². The molecule has 3 heterocycles. The zero-order valence-corrected chi connectivity index (χ0v) is 16.5. The molecule has 1 unspecified atom stereocenters. The lowest BCUT2D eigenvalue weighted by molar-refractivity contribution is -0.136. The van der Waals surface area contributed by atoms with Crippen LogP contribution < -0.4 is 0 Å². The third-order valence-corrected chi connectivity index (χ3v) is 6.63. The summed E-state index contributed by atoms with van der Waals surface area (Å²) in [5, 5.41) is 8.48. The lowest BCUT2D eigenvalue weighted by Gasteiger charge is -2.39. The summed E-state index contributed by atoms with van der Waals surface area (Å²) in [6.07, 6.45) is 4.49. The van der Waals surface area contributed by atoms with E-state index in [1.54, 1.807) is 12.1 Å². The van der Waals surface area contributed by atoms with Crippen molar-refractivity contribution in [3.8, 4) is 0 Å². The van der Waals surface area contributed by atoms with Crippen LogP contribution in [0.2, 0.25) is 0 Å². The van der Waals surface area contributed by atoms with Crippen LogP contribution in [0.4, 0.5) is 4.39 Å². The Morgan fingerprint density at radius 3 is 2.52 bits per heavy atom. The molecule has 6 heteroatoms. The van der Waals surface area contributed by atoms with Crippen molar-refractivity contribution in [3.05, 3.63) is 59.9 Å². The highest BCUT2D eigenvalue weighted by Crippen LogP contribution is 2.43. The minimum absolute atomic E-state index is 0.0378. The lowest BCUT2D eigenvalue weighted by atomic mass is 9.85. The number of hydrogen-bond donors (Lipinski definition) is 0. The molecule has 29 heavy (non-hydrogen) atoms. The van der Waals surface area contributed by atoms with Gasteiger partial charge in [-0.1, -0.05) is 29.5 Å². The Bertz CT molecular complexity index is 1020. The minimum atomic E-state index is -0.195. The molecule has 2 aromatic carbocycles. The Kier molecular flexibility index (Phi) is 4.57. The number of carbonyl (C=O) groups is 1. The summed E-state index contributed by atoms with van der Waals surface area (Å²) in [4.78, 5) is 15.3. The predicted octanol–water partition coefficient (Wildman–Crippen LogP) is 4.46. The van der Waals surface area contributed by atoms with Gasteiger partial charge in [0.25, 0.3) is 0 Å². The van der Waals surface area contributed by atoms with Crippen molar-refractivity contribution in [1.82, 2.24) is 19.9 Å². The first-order chi connectivity index (χ1) is 14.1. The van der Waals surface area contributed by atoms with Gasteiger partial charge < -0.3 is 4.90 Å². The molecule has 2 aliphatic rings. The largest absolute Gasteiger partial charge is 0.337 e. The quantitative estimate of drug-likeness (QED) is 0.659. The Morgan fingerprint density at radius 2 is 1.79 bits per heavy atom. The molecule has 1 aromatic heterocycles. The maximum Gasteiger partial charge on any atom is 0.225 e. The fraction of sp³-hybridized carbons (Fsp3) is 0.435. The highest BCUT2D eigenvalue weighted by molar-refractivity contribution is 5.79. The molecule has 2 bridgehead atoms. The molecular formula is C23H25FN4O. The van der Waals surface area contributed by atoms with Crippen molar-refractivity contribution in [2.24, 2.45) is 0 Å². The van der Waals surface area contributed by atoms with Crippen LogP contribution in [0.25, 0.3) is 11.0 Å². The maximum atomic E-state index is 13.3. The number of carbonyl (C=O) groups excluding carboxylic acids is 1. The van der Waals surface area contributed by atoms with Gasteiger partial charge in [-0.2, -0.15) is 0 Å². The third kappa shape index (κ3) is 3.30. The molecule has 2 aliphatic heterocycles. The molecule has 3 aromatic rings. The SMILES string of the molecule is C[C@H](CC(=O)N1[C@@H]2CC[C@H]1CC(c1ccc(F)cc1)C2)n1nnc2ccccc21. The second-order valence-corrected chi connectivity index (χ2v) is 8.48. The summed E-state index contributed by atoms with van der Waals surface area (Å²) < 4.78 is 15.1. The van der Waals surface area contributed by atoms with Crippen LogP contribution in [0.3, 0.4) is 0 Å². The number of hydrogen-bond acceptors (Lipinski definition) is 3. The molecule has 1 amide bonds. The average Bonchev–Trinajstić information content (AvgIpc) is 3.27. The van der Waals surface area contributed by atoms with Gasteiger partial charge in [-0.25, -0.2) is 9.07 Å². The van der Waals surface area contributed by atoms with E-state index in [1.807, 2.05) is 48.0 Å². The zero-order chi connectivity index (χ0) is 20.0. The Morgan fingerprint density at radius 1 is 1.10 bits per heavy atom. The molecule has 4 atom stereocenters. The summed E-state index contributed by atoms with van der Waals surface area (Å²) in [6, 6.07) is 15.3. The first kappa shape index (κ1) is 18.3. The summed E-state index contributed by atoms with van der Waals surface area (Å²) in [6.45, 7) is 2.03. The van der Waals surface area contributed by atoms with Crippen molar-refractivity contribution < 1.29 is 9.18 Å². The van der Waals surface area contributed by atoms with Gasteiger partial charge in [0.05, 0.1) is 11.6 Å². The minimum Gasteiger partial charge on any atom is -0.337 e. The van der Waals surface area contributed by atoms with Gasteiger partial charge in [0.1, 0.15) is 11.3 Å². The molecule has 0 radical (unpaired) electrons. The van der Waals surface area contributed by atoms with Gasteiger partial charge in [-0.15, -0.1) is 5.10 Å². The van der Waals surface area contributed by atoms with E-state index in [1.165, 1.54) is 5.56 Å². The smallest absolute Gasteiger partial charge is 0.225 e. The molecular weight excluding hydrogens is 367 g/mol. The van der Waals surface area contributed by atoms with E-state index in [4.69, 9.17) is 0 Å². The van der Waals surface area contributed by atoms with Crippen LogP contribution >= 0.6 is 0 Å². The average molecular weight is 392 g/mol. The highest BCUT2D eigenvalue weighted by atomic mass is 19.1. The zero-order valence-electron chi connectivity index (χ0n) is 16.5. The summed E-state index contributed by atoms with van der Waals surface area (Å²) in [7, 11) is 0. The number of fused-ring (bicyclic) bond motifs is 3. The molecule has 0 aliphatic carbocycles. The number of benzene rings is 2. The van der Waals surface area contributed by atoms with E-state index in [2.05, 4.69) is 15.2 Å². The Labute approximate surface area is 169 Å². The highest BCUT2D eigenvalue weighted by Gasteiger charge is 2.43. The van der Waals surface area contributed by atoms with Crippen LogP contribution in [-0.2, 0) is 4.79 Å². The van der Waals surface area contributed by atoms with Gasteiger partial charge >= 0.3 is 0 Å². The number of nitrogens with zero attached hydrogens (tertiary/aromatic N) is 4. The predicted molar refractivity (Wildman–Crippen MR) is 109 cm³/mol.